The van der Waals surface area contributed by atoms with E-state index in [1.165, 1.54) is 0 Å². The van der Waals surface area contributed by atoms with Gasteiger partial charge in [-0.3, -0.25) is 0 Å². The third-order valence-corrected chi connectivity index (χ3v) is 2.28. The second kappa shape index (κ2) is 3.75. The van der Waals surface area contributed by atoms with Gasteiger partial charge in [0.25, 0.3) is 0 Å². The van der Waals surface area contributed by atoms with E-state index in [2.05, 4.69) is 22.1 Å². The summed E-state index contributed by atoms with van der Waals surface area (Å²) < 4.78 is 7.52. The van der Waals surface area contributed by atoms with Crippen molar-refractivity contribution in [1.82, 2.24) is 10.3 Å². The van der Waals surface area contributed by atoms with Crippen molar-refractivity contribution >= 4 is 5.82 Å². The third kappa shape index (κ3) is 1.98. The molecule has 3 nitrogen and oxygen atoms in total. The molecule has 1 saturated heterocycles. The minimum atomic E-state index is 0.500. The topological polar surface area (TPSA) is 28.2 Å². The van der Waals surface area contributed by atoms with Crippen molar-refractivity contribution in [3.05, 3.63) is 24.4 Å². The molecule has 1 aromatic rings. The molecule has 0 aliphatic carbocycles. The SMILES string of the molecule is [2H]c1ccnc(N2CCNC(C)C2)c1. The number of pyridine rings is 1. The summed E-state index contributed by atoms with van der Waals surface area (Å²) in [5, 5.41) is 3.38. The molecule has 0 saturated carbocycles. The number of hydrogen-bond acceptors (Lipinski definition) is 3. The van der Waals surface area contributed by atoms with Crippen molar-refractivity contribution in [2.24, 2.45) is 0 Å². The Kier molecular flexibility index (Phi) is 2.11. The molecule has 1 aliphatic rings. The molecule has 0 radical (unpaired) electrons. The van der Waals surface area contributed by atoms with Gasteiger partial charge in [0.1, 0.15) is 5.82 Å². The number of nitrogens with zero attached hydrogens (tertiary/aromatic N) is 2. The van der Waals surface area contributed by atoms with Crippen molar-refractivity contribution in [3.63, 3.8) is 0 Å². The first kappa shape index (κ1) is 7.33. The van der Waals surface area contributed by atoms with E-state index in [9.17, 15) is 0 Å². The Morgan fingerprint density at radius 2 is 2.69 bits per heavy atom. The molecule has 1 fully saturated rings. The van der Waals surface area contributed by atoms with Crippen LogP contribution >= 0.6 is 0 Å². The van der Waals surface area contributed by atoms with Crippen LogP contribution in [-0.4, -0.2) is 30.7 Å². The molecular weight excluding hydrogens is 162 g/mol. The quantitative estimate of drug-likeness (QED) is 0.692. The fourth-order valence-corrected chi connectivity index (χ4v) is 1.63. The molecule has 0 aromatic carbocycles. The molecule has 13 heavy (non-hydrogen) atoms. The largest absolute Gasteiger partial charge is 0.354 e. The van der Waals surface area contributed by atoms with Gasteiger partial charge in [0.2, 0.25) is 0 Å². The molecular formula is C10H15N3. The van der Waals surface area contributed by atoms with Crippen molar-refractivity contribution < 1.29 is 1.37 Å². The van der Waals surface area contributed by atoms with Gasteiger partial charge in [0.15, 0.2) is 0 Å². The molecule has 0 bridgehead atoms. The lowest BCUT2D eigenvalue weighted by Gasteiger charge is -2.32. The van der Waals surface area contributed by atoms with Crippen LogP contribution in [-0.2, 0) is 0 Å². The Balaban J connectivity index is 2.14. The molecule has 70 valence electrons. The molecule has 1 aliphatic heterocycles. The van der Waals surface area contributed by atoms with E-state index in [-0.39, 0.29) is 0 Å². The van der Waals surface area contributed by atoms with Crippen LogP contribution in [0.5, 0.6) is 0 Å². The van der Waals surface area contributed by atoms with Crippen molar-refractivity contribution in [3.8, 4) is 0 Å². The Morgan fingerprint density at radius 3 is 3.46 bits per heavy atom. The highest BCUT2D eigenvalue weighted by Gasteiger charge is 2.15. The lowest BCUT2D eigenvalue weighted by Crippen LogP contribution is -2.49. The number of anilines is 1. The average Bonchev–Trinajstić information content (AvgIpc) is 2.18. The number of hydrogen-bond donors (Lipinski definition) is 1. The predicted molar refractivity (Wildman–Crippen MR) is 53.9 cm³/mol. The second-order valence-electron chi connectivity index (χ2n) is 3.42. The first-order valence-electron chi connectivity index (χ1n) is 5.17. The van der Waals surface area contributed by atoms with Crippen LogP contribution in [0.15, 0.2) is 24.4 Å². The van der Waals surface area contributed by atoms with Crippen LogP contribution < -0.4 is 10.2 Å². The van der Waals surface area contributed by atoms with Gasteiger partial charge in [-0.25, -0.2) is 4.98 Å². The maximum atomic E-state index is 7.52. The summed E-state index contributed by atoms with van der Waals surface area (Å²) in [4.78, 5) is 6.50. The summed E-state index contributed by atoms with van der Waals surface area (Å²) in [7, 11) is 0. The highest BCUT2D eigenvalue weighted by Crippen LogP contribution is 2.10. The van der Waals surface area contributed by atoms with Gasteiger partial charge in [0, 0.05) is 31.9 Å². The standard InChI is InChI=1S/C10H15N3/c1-9-8-13(7-6-11-9)10-4-2-3-5-12-10/h2-5,9,11H,6-8H2,1H3/i2D. The highest BCUT2D eigenvalue weighted by molar-refractivity contribution is 5.38. The van der Waals surface area contributed by atoms with Crippen LogP contribution in [0.25, 0.3) is 0 Å². The van der Waals surface area contributed by atoms with Crippen molar-refractivity contribution in [2.45, 2.75) is 13.0 Å². The zero-order chi connectivity index (χ0) is 9.97. The fraction of sp³-hybridized carbons (Fsp3) is 0.500. The minimum absolute atomic E-state index is 0.500. The maximum Gasteiger partial charge on any atom is 0.128 e. The van der Waals surface area contributed by atoms with Gasteiger partial charge in [-0.2, -0.15) is 0 Å². The molecule has 0 amide bonds. The number of piperazine rings is 1. The first-order chi connectivity index (χ1) is 6.75. The third-order valence-electron chi connectivity index (χ3n) is 2.28. The van der Waals surface area contributed by atoms with Crippen LogP contribution in [0.2, 0.25) is 0 Å². The lowest BCUT2D eigenvalue weighted by molar-refractivity contribution is 0.482. The van der Waals surface area contributed by atoms with E-state index in [1.807, 2.05) is 6.07 Å². The van der Waals surface area contributed by atoms with Gasteiger partial charge in [0.05, 0.1) is 1.37 Å². The fourth-order valence-electron chi connectivity index (χ4n) is 1.63. The highest BCUT2D eigenvalue weighted by atomic mass is 15.2. The number of aromatic nitrogens is 1. The van der Waals surface area contributed by atoms with Crippen LogP contribution in [0.1, 0.15) is 8.29 Å². The van der Waals surface area contributed by atoms with E-state index in [1.54, 1.807) is 12.3 Å². The molecule has 1 aromatic heterocycles. The summed E-state index contributed by atoms with van der Waals surface area (Å²) in [5.41, 5.74) is 0. The van der Waals surface area contributed by atoms with Gasteiger partial charge < -0.3 is 10.2 Å². The van der Waals surface area contributed by atoms with Gasteiger partial charge >= 0.3 is 0 Å². The molecule has 2 heterocycles. The average molecular weight is 178 g/mol. The molecule has 1 atom stereocenters. The van der Waals surface area contributed by atoms with Crippen LogP contribution in [0.4, 0.5) is 5.82 Å². The Labute approximate surface area is 80.2 Å². The van der Waals surface area contributed by atoms with E-state index in [0.717, 1.165) is 25.5 Å². The smallest absolute Gasteiger partial charge is 0.128 e. The van der Waals surface area contributed by atoms with Gasteiger partial charge in [-0.15, -0.1) is 0 Å². The zero-order valence-corrected chi connectivity index (χ0v) is 7.83. The number of nitrogens with one attached hydrogen (secondary N) is 1. The van der Waals surface area contributed by atoms with E-state index in [0.29, 0.717) is 12.1 Å². The summed E-state index contributed by atoms with van der Waals surface area (Å²) in [6.45, 7) is 5.10. The lowest BCUT2D eigenvalue weighted by atomic mass is 10.2. The van der Waals surface area contributed by atoms with Crippen LogP contribution in [0.3, 0.4) is 0 Å². The summed E-state index contributed by atoms with van der Waals surface area (Å²) in [5.74, 6) is 0.922. The van der Waals surface area contributed by atoms with Gasteiger partial charge in [-0.1, -0.05) is 6.04 Å². The van der Waals surface area contributed by atoms with Crippen molar-refractivity contribution in [1.29, 1.82) is 0 Å². The van der Waals surface area contributed by atoms with Crippen molar-refractivity contribution in [2.75, 3.05) is 24.5 Å². The van der Waals surface area contributed by atoms with E-state index in [4.69, 9.17) is 1.37 Å². The monoisotopic (exact) mass is 178 g/mol. The molecule has 0 spiro atoms. The van der Waals surface area contributed by atoms with E-state index >= 15 is 0 Å². The number of rotatable bonds is 1. The summed E-state index contributed by atoms with van der Waals surface area (Å²) >= 11 is 0. The zero-order valence-electron chi connectivity index (χ0n) is 8.83. The van der Waals surface area contributed by atoms with E-state index < -0.39 is 0 Å². The predicted octanol–water partition coefficient (Wildman–Crippen LogP) is 0.880. The second-order valence-corrected chi connectivity index (χ2v) is 3.42. The molecule has 2 rings (SSSR count). The molecule has 3 heteroatoms. The molecule has 1 unspecified atom stereocenters. The summed E-state index contributed by atoms with van der Waals surface area (Å²) in [6.07, 6.45) is 1.70. The normalized spacial score (nSPS) is 24.2. The van der Waals surface area contributed by atoms with Crippen LogP contribution in [0, 0.1) is 0 Å². The Hall–Kier alpha value is -1.09. The first-order valence-corrected chi connectivity index (χ1v) is 4.67. The Bertz CT molecular complexity index is 316. The minimum Gasteiger partial charge on any atom is -0.354 e. The molecule has 1 N–H and O–H groups in total. The van der Waals surface area contributed by atoms with Gasteiger partial charge in [-0.05, 0) is 19.1 Å². The summed E-state index contributed by atoms with van der Waals surface area (Å²) in [6, 6.07) is 4.55. The Morgan fingerprint density at radius 1 is 1.77 bits per heavy atom. The maximum absolute atomic E-state index is 7.52.